The van der Waals surface area contributed by atoms with Crippen LogP contribution < -0.4 is 0 Å². The number of carbonyl (C=O) groups is 1. The van der Waals surface area contributed by atoms with Crippen molar-refractivity contribution in [2.45, 2.75) is 0 Å². The molecule has 2 heterocycles. The first-order chi connectivity index (χ1) is 9.24. The third-order valence-corrected chi connectivity index (χ3v) is 2.62. The van der Waals surface area contributed by atoms with Crippen LogP contribution in [-0.4, -0.2) is 36.3 Å². The molecule has 0 amide bonds. The largest absolute Gasteiger partial charge is 0.477 e. The van der Waals surface area contributed by atoms with Gasteiger partial charge in [-0.3, -0.25) is 5.10 Å². The summed E-state index contributed by atoms with van der Waals surface area (Å²) in [6, 6.07) is 8.83. The van der Waals surface area contributed by atoms with Crippen molar-refractivity contribution in [2.75, 3.05) is 0 Å². The van der Waals surface area contributed by atoms with Crippen LogP contribution in [0.15, 0.2) is 42.7 Å². The molecule has 0 unspecified atom stereocenters. The number of rotatable bonds is 3. The minimum Gasteiger partial charge on any atom is -0.477 e. The van der Waals surface area contributed by atoms with Crippen molar-refractivity contribution in [1.82, 2.24) is 25.2 Å². The molecule has 7 nitrogen and oxygen atoms in total. The van der Waals surface area contributed by atoms with Gasteiger partial charge in [0.05, 0.1) is 23.8 Å². The van der Waals surface area contributed by atoms with E-state index < -0.39 is 5.97 Å². The highest BCUT2D eigenvalue weighted by Gasteiger charge is 2.09. The lowest BCUT2D eigenvalue weighted by molar-refractivity contribution is 0.0690. The maximum absolute atomic E-state index is 10.8. The Labute approximate surface area is 107 Å². The molecule has 3 aromatic rings. The number of nitrogens with one attached hydrogen (secondary N) is 1. The fraction of sp³-hybridized carbons (Fsp3) is 0. The number of aromatic carboxylic acids is 1. The van der Waals surface area contributed by atoms with Crippen molar-refractivity contribution in [3.63, 3.8) is 0 Å². The predicted molar refractivity (Wildman–Crippen MR) is 65.9 cm³/mol. The smallest absolute Gasteiger partial charge is 0.353 e. The number of carboxylic acid groups (broad SMARTS) is 1. The second-order valence-electron chi connectivity index (χ2n) is 3.84. The van der Waals surface area contributed by atoms with Crippen LogP contribution in [0.3, 0.4) is 0 Å². The van der Waals surface area contributed by atoms with Crippen LogP contribution in [-0.2, 0) is 0 Å². The zero-order valence-electron chi connectivity index (χ0n) is 9.69. The summed E-state index contributed by atoms with van der Waals surface area (Å²) in [5.41, 5.74) is 2.28. The highest BCUT2D eigenvalue weighted by Crippen LogP contribution is 2.19. The number of aromatic nitrogens is 5. The van der Waals surface area contributed by atoms with Gasteiger partial charge in [-0.25, -0.2) is 4.79 Å². The van der Waals surface area contributed by atoms with Crippen molar-refractivity contribution in [2.24, 2.45) is 0 Å². The Balaban J connectivity index is 1.91. The Morgan fingerprint density at radius 3 is 2.42 bits per heavy atom. The zero-order chi connectivity index (χ0) is 13.2. The van der Waals surface area contributed by atoms with Gasteiger partial charge in [-0.2, -0.15) is 20.1 Å². The zero-order valence-corrected chi connectivity index (χ0v) is 9.69. The Morgan fingerprint density at radius 2 is 1.84 bits per heavy atom. The fourth-order valence-electron chi connectivity index (χ4n) is 1.69. The number of H-pyrrole nitrogens is 1. The lowest BCUT2D eigenvalue weighted by Crippen LogP contribution is -1.97. The molecule has 2 aromatic heterocycles. The molecule has 0 aliphatic heterocycles. The minimum absolute atomic E-state index is 0.0628. The summed E-state index contributed by atoms with van der Waals surface area (Å²) in [5.74, 6) is -1.03. The number of carboxylic acids is 1. The van der Waals surface area contributed by atoms with Crippen molar-refractivity contribution in [3.05, 3.63) is 48.4 Å². The van der Waals surface area contributed by atoms with E-state index >= 15 is 0 Å². The second-order valence-corrected chi connectivity index (χ2v) is 3.84. The molecule has 0 aliphatic rings. The number of aromatic amines is 1. The van der Waals surface area contributed by atoms with Gasteiger partial charge in [0.2, 0.25) is 0 Å². The predicted octanol–water partition coefficient (Wildman–Crippen LogP) is 1.36. The summed E-state index contributed by atoms with van der Waals surface area (Å²) in [5, 5.41) is 23.3. The van der Waals surface area contributed by atoms with Gasteiger partial charge in [-0.15, -0.1) is 0 Å². The maximum Gasteiger partial charge on any atom is 0.353 e. The first kappa shape index (κ1) is 11.1. The highest BCUT2D eigenvalue weighted by atomic mass is 16.4. The normalized spacial score (nSPS) is 10.5. The molecule has 0 saturated heterocycles. The molecule has 3 rings (SSSR count). The van der Waals surface area contributed by atoms with Crippen LogP contribution in [0.4, 0.5) is 0 Å². The molecule has 0 atom stereocenters. The molecule has 2 N–H and O–H groups in total. The van der Waals surface area contributed by atoms with E-state index in [1.165, 1.54) is 10.9 Å². The van der Waals surface area contributed by atoms with Gasteiger partial charge in [0.1, 0.15) is 5.69 Å². The molecule has 0 spiro atoms. The van der Waals surface area contributed by atoms with E-state index in [2.05, 4.69) is 20.4 Å². The van der Waals surface area contributed by atoms with E-state index in [4.69, 9.17) is 5.11 Å². The lowest BCUT2D eigenvalue weighted by atomic mass is 10.1. The number of nitrogens with zero attached hydrogens (tertiary/aromatic N) is 4. The number of hydrogen-bond acceptors (Lipinski definition) is 4. The van der Waals surface area contributed by atoms with E-state index in [1.807, 2.05) is 24.3 Å². The van der Waals surface area contributed by atoms with E-state index in [-0.39, 0.29) is 5.69 Å². The van der Waals surface area contributed by atoms with Crippen molar-refractivity contribution < 1.29 is 9.90 Å². The van der Waals surface area contributed by atoms with Crippen molar-refractivity contribution in [1.29, 1.82) is 0 Å². The quantitative estimate of drug-likeness (QED) is 0.736. The molecule has 1 aromatic carbocycles. The fourth-order valence-corrected chi connectivity index (χ4v) is 1.69. The minimum atomic E-state index is -1.03. The van der Waals surface area contributed by atoms with Gasteiger partial charge < -0.3 is 5.11 Å². The molecule has 94 valence electrons. The van der Waals surface area contributed by atoms with Gasteiger partial charge in [-0.1, -0.05) is 12.1 Å². The summed E-state index contributed by atoms with van der Waals surface area (Å²) in [7, 11) is 0. The van der Waals surface area contributed by atoms with Gasteiger partial charge in [0.15, 0.2) is 0 Å². The molecular formula is C12H9N5O2. The first-order valence-corrected chi connectivity index (χ1v) is 5.50. The first-order valence-electron chi connectivity index (χ1n) is 5.50. The Bertz CT molecular complexity index is 700. The third kappa shape index (κ3) is 2.08. The molecule has 0 bridgehead atoms. The standard InChI is InChI=1S/C12H9N5O2/c18-12(19)11-7-10(15-16-11)8-1-3-9(4-2-8)17-13-5-6-14-17/h1-7H,(H,15,16)(H,18,19). The molecule has 0 radical (unpaired) electrons. The molecule has 0 fully saturated rings. The summed E-state index contributed by atoms with van der Waals surface area (Å²) >= 11 is 0. The SMILES string of the molecule is O=C(O)c1cc(-c2ccc(-n3nccn3)cc2)n[nH]1. The Hall–Kier alpha value is -2.96. The lowest BCUT2D eigenvalue weighted by Gasteiger charge is -2.00. The average molecular weight is 255 g/mol. The summed E-state index contributed by atoms with van der Waals surface area (Å²) in [6.45, 7) is 0. The summed E-state index contributed by atoms with van der Waals surface area (Å²) in [4.78, 5) is 12.3. The number of hydrogen-bond donors (Lipinski definition) is 2. The van der Waals surface area contributed by atoms with Crippen LogP contribution in [0.25, 0.3) is 16.9 Å². The molecule has 0 aliphatic carbocycles. The molecule has 19 heavy (non-hydrogen) atoms. The van der Waals surface area contributed by atoms with Crippen LogP contribution in [0, 0.1) is 0 Å². The topological polar surface area (TPSA) is 96.7 Å². The van der Waals surface area contributed by atoms with Crippen LogP contribution in [0.2, 0.25) is 0 Å². The van der Waals surface area contributed by atoms with Crippen LogP contribution in [0.5, 0.6) is 0 Å². The summed E-state index contributed by atoms with van der Waals surface area (Å²) in [6.07, 6.45) is 3.20. The average Bonchev–Trinajstić information content (AvgIpc) is 3.11. The number of benzene rings is 1. The van der Waals surface area contributed by atoms with E-state index in [9.17, 15) is 4.79 Å². The Morgan fingerprint density at radius 1 is 1.16 bits per heavy atom. The van der Waals surface area contributed by atoms with Crippen LogP contribution in [0.1, 0.15) is 10.5 Å². The van der Waals surface area contributed by atoms with Crippen molar-refractivity contribution in [3.8, 4) is 16.9 Å². The van der Waals surface area contributed by atoms with Gasteiger partial charge in [0, 0.05) is 5.56 Å². The van der Waals surface area contributed by atoms with Gasteiger partial charge in [-0.05, 0) is 18.2 Å². The second kappa shape index (κ2) is 4.37. The van der Waals surface area contributed by atoms with Crippen LogP contribution >= 0.6 is 0 Å². The van der Waals surface area contributed by atoms with Gasteiger partial charge in [0.25, 0.3) is 0 Å². The van der Waals surface area contributed by atoms with E-state index in [1.54, 1.807) is 12.4 Å². The third-order valence-electron chi connectivity index (χ3n) is 2.62. The monoisotopic (exact) mass is 255 g/mol. The maximum atomic E-state index is 10.8. The van der Waals surface area contributed by atoms with Gasteiger partial charge >= 0.3 is 5.97 Å². The van der Waals surface area contributed by atoms with E-state index in [0.717, 1.165) is 11.3 Å². The van der Waals surface area contributed by atoms with Crippen molar-refractivity contribution >= 4 is 5.97 Å². The molecule has 0 saturated carbocycles. The molecule has 7 heteroatoms. The van der Waals surface area contributed by atoms with E-state index in [0.29, 0.717) is 5.69 Å². The highest BCUT2D eigenvalue weighted by molar-refractivity contribution is 5.86. The summed E-state index contributed by atoms with van der Waals surface area (Å²) < 4.78 is 0. The Kier molecular flexibility index (Phi) is 2.57. The molecular weight excluding hydrogens is 246 g/mol.